The molecule has 3 rings (SSSR count). The van der Waals surface area contributed by atoms with Crippen LogP contribution in [0, 0.1) is 22.5 Å². The van der Waals surface area contributed by atoms with Gasteiger partial charge in [-0.1, -0.05) is 6.42 Å². The van der Waals surface area contributed by atoms with E-state index in [0.29, 0.717) is 17.6 Å². The first kappa shape index (κ1) is 14.3. The molecule has 2 aliphatic rings. The van der Waals surface area contributed by atoms with Gasteiger partial charge < -0.3 is 10.1 Å². The molecule has 0 amide bonds. The van der Waals surface area contributed by atoms with E-state index in [2.05, 4.69) is 10.4 Å². The minimum Gasteiger partial charge on any atom is -0.378 e. The van der Waals surface area contributed by atoms with Gasteiger partial charge in [-0.15, -0.1) is 0 Å². The normalized spacial score (nSPS) is 26.2. The molecule has 2 atom stereocenters. The summed E-state index contributed by atoms with van der Waals surface area (Å²) < 4.78 is 7.40. The number of anilines is 1. The molecule has 2 aliphatic carbocycles. The molecule has 1 spiro atoms. The summed E-state index contributed by atoms with van der Waals surface area (Å²) in [7, 11) is 1.74. The summed E-state index contributed by atoms with van der Waals surface area (Å²) in [6.07, 6.45) is 4.70. The van der Waals surface area contributed by atoms with Crippen molar-refractivity contribution in [1.82, 2.24) is 9.78 Å². The van der Waals surface area contributed by atoms with Crippen LogP contribution in [-0.2, 0) is 11.8 Å². The van der Waals surface area contributed by atoms with Crippen molar-refractivity contribution in [3.05, 3.63) is 15.8 Å². The largest absolute Gasteiger partial charge is 0.378 e. The molecule has 21 heavy (non-hydrogen) atoms. The Morgan fingerprint density at radius 3 is 2.81 bits per heavy atom. The smallest absolute Gasteiger partial charge is 0.333 e. The van der Waals surface area contributed by atoms with E-state index in [1.165, 1.54) is 6.42 Å². The van der Waals surface area contributed by atoms with Crippen LogP contribution >= 0.6 is 0 Å². The lowest BCUT2D eigenvalue weighted by atomic mass is 9.51. The van der Waals surface area contributed by atoms with E-state index in [-0.39, 0.29) is 22.1 Å². The van der Waals surface area contributed by atoms with Gasteiger partial charge >= 0.3 is 5.69 Å². The maximum atomic E-state index is 11.2. The van der Waals surface area contributed by atoms with Gasteiger partial charge in [0.05, 0.1) is 11.0 Å². The second-order valence-electron chi connectivity index (χ2n) is 6.13. The highest BCUT2D eigenvalue weighted by atomic mass is 16.6. The summed E-state index contributed by atoms with van der Waals surface area (Å²) in [6.45, 7) is 4.42. The van der Waals surface area contributed by atoms with Crippen LogP contribution in [0.1, 0.15) is 38.3 Å². The van der Waals surface area contributed by atoms with Crippen LogP contribution in [0.5, 0.6) is 0 Å². The Balaban J connectivity index is 1.81. The van der Waals surface area contributed by atoms with Crippen LogP contribution in [0.4, 0.5) is 11.5 Å². The first-order chi connectivity index (χ1) is 9.99. The summed E-state index contributed by atoms with van der Waals surface area (Å²) in [6, 6.07) is 0.247. The lowest BCUT2D eigenvalue weighted by Crippen LogP contribution is -2.64. The summed E-state index contributed by atoms with van der Waals surface area (Å²) in [5.74, 6) is 0.517. The first-order valence-corrected chi connectivity index (χ1v) is 7.55. The number of nitrogens with one attached hydrogen (secondary N) is 1. The lowest BCUT2D eigenvalue weighted by molar-refractivity contribution is -0.384. The molecular weight excluding hydrogens is 272 g/mol. The Morgan fingerprint density at radius 1 is 1.57 bits per heavy atom. The van der Waals surface area contributed by atoms with Crippen LogP contribution in [0.25, 0.3) is 0 Å². The lowest BCUT2D eigenvalue weighted by Gasteiger charge is -2.61. The molecule has 0 unspecified atom stereocenters. The first-order valence-electron chi connectivity index (χ1n) is 7.55. The fourth-order valence-electron chi connectivity index (χ4n) is 3.83. The molecule has 1 N–H and O–H groups in total. The van der Waals surface area contributed by atoms with E-state index >= 15 is 0 Å². The van der Waals surface area contributed by atoms with E-state index in [4.69, 9.17) is 4.74 Å². The molecule has 0 aliphatic heterocycles. The zero-order chi connectivity index (χ0) is 15.2. The second kappa shape index (κ2) is 4.98. The average Bonchev–Trinajstić information content (AvgIpc) is 2.60. The number of nitrogens with zero attached hydrogens (tertiary/aromatic N) is 3. The number of hydrogen-bond donors (Lipinski definition) is 1. The van der Waals surface area contributed by atoms with E-state index in [0.717, 1.165) is 25.9 Å². The van der Waals surface area contributed by atoms with Gasteiger partial charge in [-0.3, -0.25) is 10.1 Å². The summed E-state index contributed by atoms with van der Waals surface area (Å²) in [5.41, 5.74) is 0.711. The standard InChI is InChI=1S/C14H22N4O3/c1-4-21-11-8-10(14(11)6-5-7-14)15-13-12(18(19)20)9(2)16-17(13)3/h10-11,15H,4-8H2,1-3H3/t10-,11+/m1/s1. The van der Waals surface area contributed by atoms with Gasteiger partial charge in [0.2, 0.25) is 5.82 Å². The monoisotopic (exact) mass is 294 g/mol. The van der Waals surface area contributed by atoms with Crippen molar-refractivity contribution < 1.29 is 9.66 Å². The number of aromatic nitrogens is 2. The molecule has 0 radical (unpaired) electrons. The molecule has 0 saturated heterocycles. The van der Waals surface area contributed by atoms with Crippen molar-refractivity contribution in [2.24, 2.45) is 12.5 Å². The Morgan fingerprint density at radius 2 is 2.29 bits per heavy atom. The minimum absolute atomic E-state index is 0.0897. The Kier molecular flexibility index (Phi) is 3.39. The highest BCUT2D eigenvalue weighted by Gasteiger charge is 2.59. The van der Waals surface area contributed by atoms with Crippen molar-refractivity contribution in [3.63, 3.8) is 0 Å². The van der Waals surface area contributed by atoms with Crippen molar-refractivity contribution in [2.75, 3.05) is 11.9 Å². The molecule has 0 aromatic carbocycles. The van der Waals surface area contributed by atoms with E-state index in [1.807, 2.05) is 6.92 Å². The van der Waals surface area contributed by atoms with Gasteiger partial charge in [0.25, 0.3) is 0 Å². The molecule has 1 aromatic heterocycles. The molecule has 7 nitrogen and oxygen atoms in total. The second-order valence-corrected chi connectivity index (χ2v) is 6.13. The number of nitro groups is 1. The van der Waals surface area contributed by atoms with Crippen LogP contribution < -0.4 is 5.32 Å². The topological polar surface area (TPSA) is 82.2 Å². The average molecular weight is 294 g/mol. The maximum absolute atomic E-state index is 11.2. The number of rotatable bonds is 5. The van der Waals surface area contributed by atoms with Gasteiger partial charge in [-0.05, 0) is 33.1 Å². The fourth-order valence-corrected chi connectivity index (χ4v) is 3.83. The predicted molar refractivity (Wildman–Crippen MR) is 78.3 cm³/mol. The molecular formula is C14H22N4O3. The summed E-state index contributed by atoms with van der Waals surface area (Å²) in [5, 5.41) is 18.8. The molecule has 7 heteroatoms. The fraction of sp³-hybridized carbons (Fsp3) is 0.786. The summed E-state index contributed by atoms with van der Waals surface area (Å²) in [4.78, 5) is 10.9. The number of ether oxygens (including phenoxy) is 1. The molecule has 0 bridgehead atoms. The minimum atomic E-state index is -0.350. The van der Waals surface area contributed by atoms with Gasteiger partial charge in [0.15, 0.2) is 0 Å². The third-order valence-electron chi connectivity index (χ3n) is 5.12. The van der Waals surface area contributed by atoms with Crippen LogP contribution in [0.15, 0.2) is 0 Å². The zero-order valence-corrected chi connectivity index (χ0v) is 12.8. The molecule has 116 valence electrons. The Labute approximate surface area is 123 Å². The Bertz CT molecular complexity index is 565. The van der Waals surface area contributed by atoms with Gasteiger partial charge in [-0.2, -0.15) is 5.10 Å². The number of hydrogen-bond acceptors (Lipinski definition) is 5. The van der Waals surface area contributed by atoms with Crippen molar-refractivity contribution >= 4 is 11.5 Å². The van der Waals surface area contributed by atoms with E-state index in [9.17, 15) is 10.1 Å². The third-order valence-corrected chi connectivity index (χ3v) is 5.12. The zero-order valence-electron chi connectivity index (χ0n) is 12.8. The van der Waals surface area contributed by atoms with Crippen LogP contribution in [0.2, 0.25) is 0 Å². The van der Waals surface area contributed by atoms with Gasteiger partial charge in [0.1, 0.15) is 5.69 Å². The number of aryl methyl sites for hydroxylation is 2. The molecule has 2 fully saturated rings. The van der Waals surface area contributed by atoms with E-state index < -0.39 is 0 Å². The van der Waals surface area contributed by atoms with Crippen molar-refractivity contribution in [3.8, 4) is 0 Å². The highest BCUT2D eigenvalue weighted by molar-refractivity contribution is 5.60. The predicted octanol–water partition coefficient (Wildman–Crippen LogP) is 2.40. The maximum Gasteiger partial charge on any atom is 0.333 e. The van der Waals surface area contributed by atoms with Crippen LogP contribution in [0.3, 0.4) is 0 Å². The summed E-state index contributed by atoms with van der Waals surface area (Å²) >= 11 is 0. The third kappa shape index (κ3) is 2.02. The van der Waals surface area contributed by atoms with Crippen molar-refractivity contribution in [2.45, 2.75) is 51.7 Å². The van der Waals surface area contributed by atoms with E-state index in [1.54, 1.807) is 18.7 Å². The molecule has 1 heterocycles. The van der Waals surface area contributed by atoms with Crippen LogP contribution in [-0.4, -0.2) is 33.5 Å². The quantitative estimate of drug-likeness (QED) is 0.666. The van der Waals surface area contributed by atoms with Gasteiger partial charge in [-0.25, -0.2) is 4.68 Å². The molecule has 2 saturated carbocycles. The van der Waals surface area contributed by atoms with Crippen molar-refractivity contribution in [1.29, 1.82) is 0 Å². The SMILES string of the molecule is CCO[C@H]1C[C@@H](Nc2c([N+](=O)[O-])c(C)nn2C)C12CCC2. The molecule has 1 aromatic rings. The highest BCUT2D eigenvalue weighted by Crippen LogP contribution is 2.58. The Hall–Kier alpha value is -1.63. The van der Waals surface area contributed by atoms with Gasteiger partial charge in [0, 0.05) is 25.1 Å².